The van der Waals surface area contributed by atoms with Gasteiger partial charge < -0.3 is 15.0 Å². The van der Waals surface area contributed by atoms with Crippen LogP contribution in [0.25, 0.3) is 5.53 Å². The number of ketones is 1. The Bertz CT molecular complexity index is 314. The smallest absolute Gasteiger partial charge is 0.441 e. The van der Waals surface area contributed by atoms with Gasteiger partial charge in [-0.15, -0.1) is 0 Å². The predicted molar refractivity (Wildman–Crippen MR) is 49.2 cm³/mol. The number of carbonyl (C=O) groups is 2. The van der Waals surface area contributed by atoms with E-state index in [-0.39, 0.29) is 5.92 Å². The van der Waals surface area contributed by atoms with Crippen molar-refractivity contribution in [3.05, 3.63) is 5.53 Å². The molecule has 6 heteroatoms. The third kappa shape index (κ3) is 2.71. The minimum absolute atomic E-state index is 0.316. The van der Waals surface area contributed by atoms with Gasteiger partial charge in [-0.25, -0.2) is 4.79 Å². The van der Waals surface area contributed by atoms with E-state index in [1.807, 2.05) is 0 Å². The fourth-order valence-corrected chi connectivity index (χ4v) is 1.44. The highest BCUT2D eigenvalue weighted by atomic mass is 16.5. The minimum Gasteiger partial charge on any atom is -0.460 e. The van der Waals surface area contributed by atoms with Crippen molar-refractivity contribution in [3.8, 4) is 0 Å². The summed E-state index contributed by atoms with van der Waals surface area (Å²) in [7, 11) is 1.13. The van der Waals surface area contributed by atoms with Gasteiger partial charge in [-0.05, 0) is 12.8 Å². The number of hydrogen-bond acceptors (Lipinski definition) is 4. The van der Waals surface area contributed by atoms with Crippen LogP contribution in [0.4, 0.5) is 0 Å². The number of esters is 1. The van der Waals surface area contributed by atoms with E-state index in [9.17, 15) is 9.59 Å². The van der Waals surface area contributed by atoms with Gasteiger partial charge in [-0.2, -0.15) is 4.79 Å². The quantitative estimate of drug-likeness (QED) is 0.213. The Balaban J connectivity index is 2.73. The Morgan fingerprint density at radius 2 is 2.00 bits per heavy atom. The number of methoxy groups -OCH3 is 1. The third-order valence-corrected chi connectivity index (χ3v) is 2.30. The van der Waals surface area contributed by atoms with Gasteiger partial charge in [0.2, 0.25) is 0 Å². The lowest BCUT2D eigenvalue weighted by molar-refractivity contribution is -0.140. The second kappa shape index (κ2) is 5.38. The van der Waals surface area contributed by atoms with Crippen molar-refractivity contribution in [3.63, 3.8) is 0 Å². The maximum atomic E-state index is 11.7. The number of carbonyl (C=O) groups excluding carboxylic acids is 2. The van der Waals surface area contributed by atoms with Crippen LogP contribution < -0.4 is 0 Å². The van der Waals surface area contributed by atoms with Crippen molar-refractivity contribution in [1.29, 1.82) is 0 Å². The van der Waals surface area contributed by atoms with Gasteiger partial charge in [0.1, 0.15) is 0 Å². The first-order valence-corrected chi connectivity index (χ1v) is 4.63. The van der Waals surface area contributed by atoms with Crippen molar-refractivity contribution >= 4 is 17.5 Å². The molecule has 0 amide bonds. The molecule has 1 heterocycles. The standard InChI is InChI=1S/C9H12N2O4/c1-14-9(13)7(11-10)8(12)6-2-4-15-5-3-6/h6H,2-5H2,1H3. The summed E-state index contributed by atoms with van der Waals surface area (Å²) in [5.41, 5.74) is 8.03. The van der Waals surface area contributed by atoms with Crippen LogP contribution in [0.1, 0.15) is 12.8 Å². The molecule has 0 aromatic rings. The maximum absolute atomic E-state index is 11.7. The molecule has 1 rings (SSSR count). The molecule has 0 bridgehead atoms. The van der Waals surface area contributed by atoms with E-state index in [4.69, 9.17) is 10.3 Å². The highest BCUT2D eigenvalue weighted by Crippen LogP contribution is 2.16. The molecular weight excluding hydrogens is 200 g/mol. The van der Waals surface area contributed by atoms with E-state index >= 15 is 0 Å². The monoisotopic (exact) mass is 212 g/mol. The number of ether oxygens (including phenoxy) is 2. The van der Waals surface area contributed by atoms with Crippen LogP contribution in [-0.2, 0) is 19.1 Å². The van der Waals surface area contributed by atoms with E-state index in [0.29, 0.717) is 26.1 Å². The maximum Gasteiger partial charge on any atom is 0.441 e. The highest BCUT2D eigenvalue weighted by molar-refractivity contribution is 6.62. The first-order chi connectivity index (χ1) is 7.20. The van der Waals surface area contributed by atoms with Gasteiger partial charge in [0.25, 0.3) is 5.78 Å². The van der Waals surface area contributed by atoms with E-state index in [0.717, 1.165) is 7.11 Å². The summed E-state index contributed by atoms with van der Waals surface area (Å²) in [5.74, 6) is -1.70. The van der Waals surface area contributed by atoms with Crippen molar-refractivity contribution < 1.29 is 23.9 Å². The summed E-state index contributed by atoms with van der Waals surface area (Å²) in [5, 5.41) is 0. The normalized spacial score (nSPS) is 16.6. The van der Waals surface area contributed by atoms with Gasteiger partial charge in [-0.1, -0.05) is 0 Å². The van der Waals surface area contributed by atoms with Crippen molar-refractivity contribution in [1.82, 2.24) is 0 Å². The number of rotatable bonds is 3. The summed E-state index contributed by atoms with van der Waals surface area (Å²) in [6.45, 7) is 0.965. The molecule has 0 radical (unpaired) electrons. The van der Waals surface area contributed by atoms with Crippen LogP contribution in [0.2, 0.25) is 0 Å². The lowest BCUT2D eigenvalue weighted by Gasteiger charge is -2.18. The topological polar surface area (TPSA) is 89.0 Å². The Hall–Kier alpha value is -1.52. The number of nitrogens with zero attached hydrogens (tertiary/aromatic N) is 2. The molecule has 0 atom stereocenters. The predicted octanol–water partition coefficient (Wildman–Crippen LogP) is -0.174. The molecule has 15 heavy (non-hydrogen) atoms. The molecule has 0 aromatic carbocycles. The van der Waals surface area contributed by atoms with Crippen molar-refractivity contribution in [2.75, 3.05) is 20.3 Å². The Morgan fingerprint density at radius 1 is 1.40 bits per heavy atom. The molecule has 1 aliphatic rings. The van der Waals surface area contributed by atoms with Crippen molar-refractivity contribution in [2.24, 2.45) is 5.92 Å². The van der Waals surface area contributed by atoms with Crippen LogP contribution in [0, 0.1) is 5.92 Å². The number of hydrogen-bond donors (Lipinski definition) is 0. The zero-order chi connectivity index (χ0) is 11.3. The van der Waals surface area contributed by atoms with Crippen molar-refractivity contribution in [2.45, 2.75) is 12.8 Å². The Kier molecular flexibility index (Phi) is 4.15. The van der Waals surface area contributed by atoms with Gasteiger partial charge in [0, 0.05) is 19.1 Å². The molecule has 6 nitrogen and oxygen atoms in total. The van der Waals surface area contributed by atoms with Gasteiger partial charge in [0.05, 0.1) is 7.11 Å². The average molecular weight is 212 g/mol. The Labute approximate surface area is 86.8 Å². The van der Waals surface area contributed by atoms with E-state index in [1.165, 1.54) is 0 Å². The minimum atomic E-state index is -0.908. The molecule has 1 aliphatic heterocycles. The zero-order valence-corrected chi connectivity index (χ0v) is 8.43. The lowest BCUT2D eigenvalue weighted by atomic mass is 9.92. The Morgan fingerprint density at radius 3 is 2.47 bits per heavy atom. The summed E-state index contributed by atoms with van der Waals surface area (Å²) >= 11 is 0. The molecule has 1 saturated heterocycles. The first kappa shape index (κ1) is 11.6. The molecule has 1 fully saturated rings. The average Bonchev–Trinajstić information content (AvgIpc) is 2.30. The molecule has 0 unspecified atom stereocenters. The van der Waals surface area contributed by atoms with Gasteiger partial charge >= 0.3 is 11.7 Å². The zero-order valence-electron chi connectivity index (χ0n) is 8.43. The number of Topliss-reactive ketones (excluding diaryl/α,β-unsaturated/α-hetero) is 1. The van der Waals surface area contributed by atoms with Crippen LogP contribution >= 0.6 is 0 Å². The lowest BCUT2D eigenvalue weighted by Crippen LogP contribution is -2.34. The fourth-order valence-electron chi connectivity index (χ4n) is 1.44. The molecule has 0 saturated carbocycles. The van der Waals surface area contributed by atoms with Crippen LogP contribution in [-0.4, -0.2) is 42.6 Å². The summed E-state index contributed by atoms with van der Waals surface area (Å²) in [6, 6.07) is 0. The molecular formula is C9H12N2O4. The van der Waals surface area contributed by atoms with Gasteiger partial charge in [0.15, 0.2) is 0 Å². The second-order valence-corrected chi connectivity index (χ2v) is 3.19. The largest absolute Gasteiger partial charge is 0.460 e. The van der Waals surface area contributed by atoms with Gasteiger partial charge in [-0.3, -0.25) is 4.79 Å². The first-order valence-electron chi connectivity index (χ1n) is 4.63. The van der Waals surface area contributed by atoms with Crippen LogP contribution in [0.15, 0.2) is 0 Å². The fraction of sp³-hybridized carbons (Fsp3) is 0.667. The van der Waals surface area contributed by atoms with Crippen LogP contribution in [0.3, 0.4) is 0 Å². The van der Waals surface area contributed by atoms with E-state index < -0.39 is 17.5 Å². The summed E-state index contributed by atoms with van der Waals surface area (Å²) < 4.78 is 9.41. The molecule has 0 aliphatic carbocycles. The summed E-state index contributed by atoms with van der Waals surface area (Å²) in [6.07, 6.45) is 1.07. The molecule has 0 spiro atoms. The van der Waals surface area contributed by atoms with E-state index in [1.54, 1.807) is 0 Å². The molecule has 0 N–H and O–H groups in total. The van der Waals surface area contributed by atoms with Crippen LogP contribution in [0.5, 0.6) is 0 Å². The highest BCUT2D eigenvalue weighted by Gasteiger charge is 2.36. The summed E-state index contributed by atoms with van der Waals surface area (Å²) in [4.78, 5) is 25.4. The SMILES string of the molecule is COC(=O)C(=[N+]=[N-])C(=O)C1CCOCC1. The second-order valence-electron chi connectivity index (χ2n) is 3.19. The van der Waals surface area contributed by atoms with E-state index in [2.05, 4.69) is 9.53 Å². The third-order valence-electron chi connectivity index (χ3n) is 2.30. The molecule has 0 aromatic heterocycles. The molecule has 82 valence electrons.